The second-order valence-corrected chi connectivity index (χ2v) is 6.04. The second kappa shape index (κ2) is 7.33. The molecule has 0 saturated heterocycles. The lowest BCUT2D eigenvalue weighted by Gasteiger charge is -2.30. The molecule has 0 bridgehead atoms. The van der Waals surface area contributed by atoms with Crippen molar-refractivity contribution >= 4 is 29.3 Å². The molecule has 0 radical (unpaired) electrons. The largest absolute Gasteiger partial charge is 0.344 e. The molecule has 5 heteroatoms. The van der Waals surface area contributed by atoms with Crippen molar-refractivity contribution in [2.45, 2.75) is 37.0 Å². The van der Waals surface area contributed by atoms with Crippen molar-refractivity contribution in [3.63, 3.8) is 0 Å². The molecule has 2 rings (SSSR count). The molecule has 1 aliphatic rings. The molecule has 0 spiro atoms. The number of carbonyl (C=O) groups is 2. The van der Waals surface area contributed by atoms with Crippen LogP contribution in [0, 0.1) is 0 Å². The van der Waals surface area contributed by atoms with Gasteiger partial charge in [0.15, 0.2) is 0 Å². The summed E-state index contributed by atoms with van der Waals surface area (Å²) >= 11 is 1.77. The van der Waals surface area contributed by atoms with Crippen LogP contribution in [0.15, 0.2) is 30.3 Å². The predicted molar refractivity (Wildman–Crippen MR) is 82.8 cm³/mol. The lowest BCUT2D eigenvalue weighted by Crippen LogP contribution is -2.47. The Balaban J connectivity index is 1.89. The van der Waals surface area contributed by atoms with Crippen molar-refractivity contribution in [2.75, 3.05) is 11.6 Å². The molecule has 108 valence electrons. The summed E-state index contributed by atoms with van der Waals surface area (Å²) < 4.78 is 0. The van der Waals surface area contributed by atoms with E-state index in [-0.39, 0.29) is 6.04 Å². The van der Waals surface area contributed by atoms with Gasteiger partial charge in [-0.3, -0.25) is 9.59 Å². The highest BCUT2D eigenvalue weighted by Crippen LogP contribution is 2.27. The smallest absolute Gasteiger partial charge is 0.313 e. The minimum absolute atomic E-state index is 0.104. The first-order chi connectivity index (χ1) is 9.70. The Labute approximate surface area is 123 Å². The van der Waals surface area contributed by atoms with Crippen LogP contribution in [0.4, 0.5) is 5.69 Å². The second-order valence-electron chi connectivity index (χ2n) is 4.96. The fourth-order valence-electron chi connectivity index (χ4n) is 2.49. The van der Waals surface area contributed by atoms with Crippen molar-refractivity contribution in [2.24, 2.45) is 0 Å². The van der Waals surface area contributed by atoms with E-state index in [1.54, 1.807) is 23.9 Å². The summed E-state index contributed by atoms with van der Waals surface area (Å²) in [4.78, 5) is 23.8. The van der Waals surface area contributed by atoms with Gasteiger partial charge in [-0.05, 0) is 31.2 Å². The number of benzene rings is 1. The fraction of sp³-hybridized carbons (Fsp3) is 0.467. The Morgan fingerprint density at radius 3 is 2.50 bits per heavy atom. The minimum atomic E-state index is -0.596. The number of anilines is 1. The fourth-order valence-corrected chi connectivity index (χ4v) is 3.42. The van der Waals surface area contributed by atoms with Gasteiger partial charge >= 0.3 is 11.8 Å². The highest BCUT2D eigenvalue weighted by atomic mass is 32.2. The van der Waals surface area contributed by atoms with E-state index in [2.05, 4.69) is 16.9 Å². The van der Waals surface area contributed by atoms with Crippen LogP contribution >= 0.6 is 11.8 Å². The van der Waals surface area contributed by atoms with Gasteiger partial charge in [0.1, 0.15) is 0 Å². The molecule has 1 fully saturated rings. The summed E-state index contributed by atoms with van der Waals surface area (Å²) in [5.74, 6) is -1.14. The van der Waals surface area contributed by atoms with Crippen LogP contribution in [0.2, 0.25) is 0 Å². The molecule has 1 aliphatic carbocycles. The summed E-state index contributed by atoms with van der Waals surface area (Å²) in [5, 5.41) is 5.89. The number of rotatable bonds is 3. The Kier molecular flexibility index (Phi) is 5.47. The van der Waals surface area contributed by atoms with E-state index < -0.39 is 11.8 Å². The highest BCUT2D eigenvalue weighted by molar-refractivity contribution is 7.99. The van der Waals surface area contributed by atoms with E-state index in [0.717, 1.165) is 19.3 Å². The molecule has 2 atom stereocenters. The highest BCUT2D eigenvalue weighted by Gasteiger charge is 2.27. The Hall–Kier alpha value is -1.49. The molecule has 0 aromatic heterocycles. The summed E-state index contributed by atoms with van der Waals surface area (Å²) in [6.45, 7) is 0. The van der Waals surface area contributed by atoms with E-state index in [1.807, 2.05) is 18.2 Å². The van der Waals surface area contributed by atoms with Crippen LogP contribution in [0.3, 0.4) is 0 Å². The van der Waals surface area contributed by atoms with Crippen LogP contribution in [0.5, 0.6) is 0 Å². The Morgan fingerprint density at radius 2 is 1.80 bits per heavy atom. The van der Waals surface area contributed by atoms with Gasteiger partial charge in [0.05, 0.1) is 0 Å². The van der Waals surface area contributed by atoms with Gasteiger partial charge in [0, 0.05) is 17.0 Å². The molecule has 0 heterocycles. The number of hydrogen-bond donors (Lipinski definition) is 2. The first-order valence-corrected chi connectivity index (χ1v) is 8.19. The average molecular weight is 292 g/mol. The number of thioether (sulfide) groups is 1. The number of amides is 2. The van der Waals surface area contributed by atoms with Crippen LogP contribution in [-0.2, 0) is 9.59 Å². The molecular formula is C15H20N2O2S. The van der Waals surface area contributed by atoms with Gasteiger partial charge in [-0.1, -0.05) is 31.0 Å². The number of hydrogen-bond acceptors (Lipinski definition) is 3. The maximum absolute atomic E-state index is 11.9. The van der Waals surface area contributed by atoms with Crippen molar-refractivity contribution < 1.29 is 9.59 Å². The zero-order valence-corrected chi connectivity index (χ0v) is 12.4. The van der Waals surface area contributed by atoms with Crippen LogP contribution in [0.25, 0.3) is 0 Å². The van der Waals surface area contributed by atoms with Gasteiger partial charge < -0.3 is 10.6 Å². The number of nitrogens with one attached hydrogen (secondary N) is 2. The molecule has 1 aromatic rings. The van der Waals surface area contributed by atoms with Crippen LogP contribution in [-0.4, -0.2) is 29.4 Å². The van der Waals surface area contributed by atoms with Crippen molar-refractivity contribution in [1.82, 2.24) is 5.32 Å². The van der Waals surface area contributed by atoms with E-state index in [0.29, 0.717) is 10.9 Å². The molecule has 2 amide bonds. The maximum Gasteiger partial charge on any atom is 0.313 e. The Morgan fingerprint density at radius 1 is 1.10 bits per heavy atom. The van der Waals surface area contributed by atoms with E-state index >= 15 is 0 Å². The molecule has 2 unspecified atom stereocenters. The van der Waals surface area contributed by atoms with Gasteiger partial charge in [0.25, 0.3) is 0 Å². The van der Waals surface area contributed by atoms with Crippen LogP contribution < -0.4 is 10.6 Å². The third kappa shape index (κ3) is 4.00. The van der Waals surface area contributed by atoms with Crippen LogP contribution in [0.1, 0.15) is 25.7 Å². The van der Waals surface area contributed by atoms with Crippen molar-refractivity contribution in [1.29, 1.82) is 0 Å². The van der Waals surface area contributed by atoms with E-state index in [9.17, 15) is 9.59 Å². The van der Waals surface area contributed by atoms with Gasteiger partial charge in [0.2, 0.25) is 0 Å². The SMILES string of the molecule is CSC1CCCCC1NC(=O)C(=O)Nc1ccccc1. The third-order valence-corrected chi connectivity index (χ3v) is 4.73. The maximum atomic E-state index is 11.9. The lowest BCUT2D eigenvalue weighted by atomic mass is 9.95. The summed E-state index contributed by atoms with van der Waals surface area (Å²) in [5.41, 5.74) is 0.637. The van der Waals surface area contributed by atoms with E-state index in [1.165, 1.54) is 6.42 Å². The standard InChI is InChI=1S/C15H20N2O2S/c1-20-13-10-6-5-9-12(13)17-15(19)14(18)16-11-7-3-2-4-8-11/h2-4,7-8,12-13H,5-6,9-10H2,1H3,(H,16,18)(H,17,19). The monoisotopic (exact) mass is 292 g/mol. The first-order valence-electron chi connectivity index (χ1n) is 6.90. The molecule has 0 aliphatic heterocycles. The summed E-state index contributed by atoms with van der Waals surface area (Å²) in [7, 11) is 0. The molecular weight excluding hydrogens is 272 g/mol. The Bertz CT molecular complexity index is 464. The molecule has 4 nitrogen and oxygen atoms in total. The zero-order chi connectivity index (χ0) is 14.4. The first kappa shape index (κ1) is 14.9. The third-order valence-electron chi connectivity index (χ3n) is 3.56. The zero-order valence-electron chi connectivity index (χ0n) is 11.6. The lowest BCUT2D eigenvalue weighted by molar-refractivity contribution is -0.136. The number of para-hydroxylation sites is 1. The summed E-state index contributed by atoms with van der Waals surface area (Å²) in [6.07, 6.45) is 6.43. The normalized spacial score (nSPS) is 22.1. The number of carbonyl (C=O) groups excluding carboxylic acids is 2. The molecule has 1 saturated carbocycles. The van der Waals surface area contributed by atoms with Crippen molar-refractivity contribution in [3.05, 3.63) is 30.3 Å². The average Bonchev–Trinajstić information content (AvgIpc) is 2.48. The summed E-state index contributed by atoms with van der Waals surface area (Å²) in [6, 6.07) is 9.12. The quantitative estimate of drug-likeness (QED) is 0.841. The topological polar surface area (TPSA) is 58.2 Å². The predicted octanol–water partition coefficient (Wildman–Crippen LogP) is 2.42. The molecule has 20 heavy (non-hydrogen) atoms. The van der Waals surface area contributed by atoms with Gasteiger partial charge in [-0.2, -0.15) is 11.8 Å². The van der Waals surface area contributed by atoms with Gasteiger partial charge in [-0.15, -0.1) is 0 Å². The minimum Gasteiger partial charge on any atom is -0.344 e. The van der Waals surface area contributed by atoms with Gasteiger partial charge in [-0.25, -0.2) is 0 Å². The van der Waals surface area contributed by atoms with Crippen molar-refractivity contribution in [3.8, 4) is 0 Å². The van der Waals surface area contributed by atoms with E-state index in [4.69, 9.17) is 0 Å². The molecule has 2 N–H and O–H groups in total. The molecule has 1 aromatic carbocycles.